The van der Waals surface area contributed by atoms with Gasteiger partial charge in [0.2, 0.25) is 11.8 Å². The third-order valence-corrected chi connectivity index (χ3v) is 5.64. The summed E-state index contributed by atoms with van der Waals surface area (Å²) in [6.45, 7) is 4.94. The SMILES string of the molecule is CCCCNC(=O)C(C)N(Cc1c(Cl)cccc1Cl)C(=O)CCCOc1ccccc1. The van der Waals surface area contributed by atoms with E-state index in [1.54, 1.807) is 25.1 Å². The Kier molecular flexibility index (Phi) is 10.7. The fraction of sp³-hybridized carbons (Fsp3) is 0.417. The highest BCUT2D eigenvalue weighted by Gasteiger charge is 2.27. The standard InChI is InChI=1S/C24H30Cl2N2O3/c1-3-4-15-27-24(30)18(2)28(17-20-21(25)12-8-13-22(20)26)23(29)14-9-16-31-19-10-6-5-7-11-19/h5-8,10-13,18H,3-4,9,14-17H2,1-2H3,(H,27,30). The minimum absolute atomic E-state index is 0.147. The maximum absolute atomic E-state index is 13.1. The van der Waals surface area contributed by atoms with Gasteiger partial charge in [-0.1, -0.05) is 60.8 Å². The van der Waals surface area contributed by atoms with Crippen molar-refractivity contribution in [1.29, 1.82) is 0 Å². The van der Waals surface area contributed by atoms with Gasteiger partial charge in [0.15, 0.2) is 0 Å². The highest BCUT2D eigenvalue weighted by Crippen LogP contribution is 2.27. The Morgan fingerprint density at radius 2 is 1.71 bits per heavy atom. The van der Waals surface area contributed by atoms with E-state index in [4.69, 9.17) is 27.9 Å². The van der Waals surface area contributed by atoms with Crippen LogP contribution in [0.4, 0.5) is 0 Å². The molecular weight excluding hydrogens is 435 g/mol. The second-order valence-corrected chi connectivity index (χ2v) is 8.12. The summed E-state index contributed by atoms with van der Waals surface area (Å²) in [5.74, 6) is 0.426. The largest absolute Gasteiger partial charge is 0.494 e. The van der Waals surface area contributed by atoms with Gasteiger partial charge in [0.1, 0.15) is 11.8 Å². The van der Waals surface area contributed by atoms with E-state index in [-0.39, 0.29) is 24.8 Å². The van der Waals surface area contributed by atoms with Crippen LogP contribution in [0, 0.1) is 0 Å². The van der Waals surface area contributed by atoms with Gasteiger partial charge in [-0.15, -0.1) is 0 Å². The number of unbranched alkanes of at least 4 members (excludes halogenated alkanes) is 1. The molecule has 5 nitrogen and oxygen atoms in total. The molecule has 2 aromatic carbocycles. The van der Waals surface area contributed by atoms with Crippen LogP contribution in [0.15, 0.2) is 48.5 Å². The number of carbonyl (C=O) groups is 2. The summed E-state index contributed by atoms with van der Waals surface area (Å²) in [5, 5.41) is 3.84. The van der Waals surface area contributed by atoms with Gasteiger partial charge in [0.25, 0.3) is 0 Å². The van der Waals surface area contributed by atoms with E-state index in [1.165, 1.54) is 4.90 Å². The summed E-state index contributed by atoms with van der Waals surface area (Å²) in [7, 11) is 0. The Bertz CT molecular complexity index is 826. The number of nitrogens with zero attached hydrogens (tertiary/aromatic N) is 1. The molecule has 1 unspecified atom stereocenters. The summed E-state index contributed by atoms with van der Waals surface area (Å²) in [6, 6.07) is 14.0. The van der Waals surface area contributed by atoms with Crippen molar-refractivity contribution in [1.82, 2.24) is 10.2 Å². The highest BCUT2D eigenvalue weighted by molar-refractivity contribution is 6.36. The van der Waals surface area contributed by atoms with Crippen molar-refractivity contribution < 1.29 is 14.3 Å². The summed E-state index contributed by atoms with van der Waals surface area (Å²) in [6.07, 6.45) is 2.65. The molecule has 168 valence electrons. The van der Waals surface area contributed by atoms with Gasteiger partial charge in [0, 0.05) is 35.1 Å². The van der Waals surface area contributed by atoms with E-state index in [0.717, 1.165) is 18.6 Å². The Labute approximate surface area is 194 Å². The van der Waals surface area contributed by atoms with E-state index in [0.29, 0.717) is 35.2 Å². The van der Waals surface area contributed by atoms with E-state index in [1.807, 2.05) is 30.3 Å². The average Bonchev–Trinajstić information content (AvgIpc) is 2.77. The van der Waals surface area contributed by atoms with Gasteiger partial charge in [0.05, 0.1) is 6.61 Å². The number of carbonyl (C=O) groups excluding carboxylic acids is 2. The molecule has 2 amide bonds. The fourth-order valence-corrected chi connectivity index (χ4v) is 3.56. The number of para-hydroxylation sites is 1. The van der Waals surface area contributed by atoms with E-state index in [2.05, 4.69) is 12.2 Å². The molecule has 0 radical (unpaired) electrons. The van der Waals surface area contributed by atoms with Crippen LogP contribution < -0.4 is 10.1 Å². The first-order valence-corrected chi connectivity index (χ1v) is 11.4. The molecule has 0 aliphatic carbocycles. The molecule has 7 heteroatoms. The molecule has 1 atom stereocenters. The predicted molar refractivity (Wildman–Crippen MR) is 126 cm³/mol. The third kappa shape index (κ3) is 8.08. The maximum Gasteiger partial charge on any atom is 0.242 e. The Hall–Kier alpha value is -2.24. The zero-order chi connectivity index (χ0) is 22.6. The Morgan fingerprint density at radius 3 is 2.35 bits per heavy atom. The van der Waals surface area contributed by atoms with Gasteiger partial charge in [-0.3, -0.25) is 9.59 Å². The number of amides is 2. The minimum atomic E-state index is -0.647. The first kappa shape index (κ1) is 25.0. The first-order chi connectivity index (χ1) is 14.9. The first-order valence-electron chi connectivity index (χ1n) is 10.6. The van der Waals surface area contributed by atoms with Crippen molar-refractivity contribution >= 4 is 35.0 Å². The van der Waals surface area contributed by atoms with Crippen LogP contribution >= 0.6 is 23.2 Å². The van der Waals surface area contributed by atoms with Crippen LogP contribution in [0.5, 0.6) is 5.75 Å². The second-order valence-electron chi connectivity index (χ2n) is 7.31. The van der Waals surface area contributed by atoms with Crippen LogP contribution in [-0.2, 0) is 16.1 Å². The Balaban J connectivity index is 2.04. The molecule has 1 N–H and O–H groups in total. The van der Waals surface area contributed by atoms with Crippen molar-refractivity contribution in [3.05, 3.63) is 64.1 Å². The van der Waals surface area contributed by atoms with Gasteiger partial charge in [-0.05, 0) is 44.0 Å². The molecular formula is C24H30Cl2N2O3. The van der Waals surface area contributed by atoms with Crippen LogP contribution in [-0.4, -0.2) is 35.9 Å². The molecule has 0 bridgehead atoms. The maximum atomic E-state index is 13.1. The fourth-order valence-electron chi connectivity index (χ4n) is 3.05. The summed E-state index contributed by atoms with van der Waals surface area (Å²) in [4.78, 5) is 27.2. The number of hydrogen-bond acceptors (Lipinski definition) is 3. The van der Waals surface area contributed by atoms with Gasteiger partial charge >= 0.3 is 0 Å². The number of hydrogen-bond donors (Lipinski definition) is 1. The minimum Gasteiger partial charge on any atom is -0.494 e. The zero-order valence-corrected chi connectivity index (χ0v) is 19.6. The average molecular weight is 465 g/mol. The van der Waals surface area contributed by atoms with Crippen LogP contribution in [0.2, 0.25) is 10.0 Å². The van der Waals surface area contributed by atoms with E-state index in [9.17, 15) is 9.59 Å². The summed E-state index contributed by atoms with van der Waals surface area (Å²) in [5.41, 5.74) is 0.632. The Morgan fingerprint density at radius 1 is 1.03 bits per heavy atom. The van der Waals surface area contributed by atoms with E-state index >= 15 is 0 Å². The molecule has 0 heterocycles. The quantitative estimate of drug-likeness (QED) is 0.422. The number of benzene rings is 2. The zero-order valence-electron chi connectivity index (χ0n) is 18.1. The molecule has 2 rings (SSSR count). The smallest absolute Gasteiger partial charge is 0.242 e. The molecule has 0 aliphatic rings. The van der Waals surface area contributed by atoms with Crippen molar-refractivity contribution in [3.63, 3.8) is 0 Å². The molecule has 0 aromatic heterocycles. The second kappa shape index (κ2) is 13.2. The molecule has 0 saturated carbocycles. The molecule has 0 saturated heterocycles. The van der Waals surface area contributed by atoms with Crippen molar-refractivity contribution in [2.45, 2.75) is 52.1 Å². The lowest BCUT2D eigenvalue weighted by Crippen LogP contribution is -2.47. The van der Waals surface area contributed by atoms with Crippen molar-refractivity contribution in [2.24, 2.45) is 0 Å². The van der Waals surface area contributed by atoms with Crippen molar-refractivity contribution in [3.8, 4) is 5.75 Å². The topological polar surface area (TPSA) is 58.6 Å². The molecule has 0 aliphatic heterocycles. The lowest BCUT2D eigenvalue weighted by atomic mass is 10.1. The molecule has 0 fully saturated rings. The number of ether oxygens (including phenoxy) is 1. The van der Waals surface area contributed by atoms with Crippen molar-refractivity contribution in [2.75, 3.05) is 13.2 Å². The lowest BCUT2D eigenvalue weighted by Gasteiger charge is -2.29. The normalized spacial score (nSPS) is 11.6. The van der Waals surface area contributed by atoms with Crippen LogP contribution in [0.1, 0.15) is 45.1 Å². The third-order valence-electron chi connectivity index (χ3n) is 4.93. The van der Waals surface area contributed by atoms with Crippen LogP contribution in [0.3, 0.4) is 0 Å². The number of nitrogens with one attached hydrogen (secondary N) is 1. The molecule has 2 aromatic rings. The summed E-state index contributed by atoms with van der Waals surface area (Å²) < 4.78 is 5.67. The monoisotopic (exact) mass is 464 g/mol. The van der Waals surface area contributed by atoms with Gasteiger partial charge < -0.3 is 15.0 Å². The molecule has 31 heavy (non-hydrogen) atoms. The number of halogens is 2. The lowest BCUT2D eigenvalue weighted by molar-refractivity contribution is -0.140. The number of rotatable bonds is 12. The van der Waals surface area contributed by atoms with Crippen LogP contribution in [0.25, 0.3) is 0 Å². The summed E-state index contributed by atoms with van der Waals surface area (Å²) >= 11 is 12.6. The van der Waals surface area contributed by atoms with E-state index < -0.39 is 6.04 Å². The highest BCUT2D eigenvalue weighted by atomic mass is 35.5. The van der Waals surface area contributed by atoms with Gasteiger partial charge in [-0.25, -0.2) is 0 Å². The molecule has 0 spiro atoms. The predicted octanol–water partition coefficient (Wildman–Crippen LogP) is 5.49. The van der Waals surface area contributed by atoms with Gasteiger partial charge in [-0.2, -0.15) is 0 Å².